The van der Waals surface area contributed by atoms with Gasteiger partial charge in [-0.1, -0.05) is 26.0 Å². The molecule has 4 rings (SSSR count). The lowest BCUT2D eigenvalue weighted by atomic mass is 9.65. The van der Waals surface area contributed by atoms with E-state index >= 15 is 0 Å². The van der Waals surface area contributed by atoms with Crippen LogP contribution in [-0.2, 0) is 22.4 Å². The van der Waals surface area contributed by atoms with Gasteiger partial charge < -0.3 is 14.6 Å². The molecule has 25 heavy (non-hydrogen) atoms. The second kappa shape index (κ2) is 5.87. The molecule has 2 aliphatic rings. The number of fused-ring (bicyclic) bond motifs is 2. The third-order valence-electron chi connectivity index (χ3n) is 6.70. The van der Waals surface area contributed by atoms with Crippen LogP contribution in [0.1, 0.15) is 49.4 Å². The number of aromatic amines is 1. The molecule has 1 saturated heterocycles. The van der Waals surface area contributed by atoms with Gasteiger partial charge in [0.05, 0.1) is 12.5 Å². The largest absolute Gasteiger partial charge is 0.469 e. The minimum Gasteiger partial charge on any atom is -0.469 e. The van der Waals surface area contributed by atoms with Gasteiger partial charge in [0.15, 0.2) is 0 Å². The molecule has 0 saturated carbocycles. The summed E-state index contributed by atoms with van der Waals surface area (Å²) in [4.78, 5) is 18.7. The summed E-state index contributed by atoms with van der Waals surface area (Å²) in [5.41, 5.74) is 5.12. The van der Waals surface area contributed by atoms with Gasteiger partial charge in [-0.05, 0) is 49.9 Å². The smallest absolute Gasteiger partial charge is 0.313 e. The van der Waals surface area contributed by atoms with E-state index in [1.807, 2.05) is 0 Å². The quantitative estimate of drug-likeness (QED) is 0.868. The van der Waals surface area contributed by atoms with Crippen molar-refractivity contribution in [3.05, 3.63) is 35.0 Å². The zero-order valence-corrected chi connectivity index (χ0v) is 15.7. The summed E-state index contributed by atoms with van der Waals surface area (Å²) in [5.74, 6) is 0.330. The van der Waals surface area contributed by atoms with Gasteiger partial charge in [0.1, 0.15) is 0 Å². The lowest BCUT2D eigenvalue weighted by Gasteiger charge is -2.50. The molecule has 1 aromatic carbocycles. The van der Waals surface area contributed by atoms with Gasteiger partial charge in [-0.15, -0.1) is 0 Å². The number of likely N-dealkylation sites (N-methyl/N-ethyl adjacent to an activating group) is 1. The van der Waals surface area contributed by atoms with Crippen LogP contribution in [0.3, 0.4) is 0 Å². The molecular formula is C21H28N2O2. The van der Waals surface area contributed by atoms with Crippen LogP contribution in [0.15, 0.2) is 18.2 Å². The summed E-state index contributed by atoms with van der Waals surface area (Å²) in [6.45, 7) is 5.12. The van der Waals surface area contributed by atoms with E-state index in [-0.39, 0.29) is 5.97 Å². The van der Waals surface area contributed by atoms with E-state index in [1.54, 1.807) is 0 Å². The Hall–Kier alpha value is -1.81. The Morgan fingerprint density at radius 1 is 1.40 bits per heavy atom. The Morgan fingerprint density at radius 3 is 2.88 bits per heavy atom. The number of aromatic nitrogens is 1. The molecule has 0 bridgehead atoms. The van der Waals surface area contributed by atoms with Crippen molar-refractivity contribution in [1.82, 2.24) is 9.88 Å². The van der Waals surface area contributed by atoms with E-state index in [0.29, 0.717) is 12.0 Å². The number of esters is 1. The molecule has 0 spiro atoms. The van der Waals surface area contributed by atoms with Gasteiger partial charge in [0.2, 0.25) is 0 Å². The van der Waals surface area contributed by atoms with Crippen molar-refractivity contribution < 1.29 is 9.53 Å². The number of benzene rings is 1. The van der Waals surface area contributed by atoms with Crippen molar-refractivity contribution in [2.24, 2.45) is 5.41 Å². The zero-order chi connectivity index (χ0) is 17.8. The highest BCUT2D eigenvalue weighted by molar-refractivity contribution is 5.90. The number of nitrogens with zero attached hydrogens (tertiary/aromatic N) is 1. The summed E-state index contributed by atoms with van der Waals surface area (Å²) in [6.07, 6.45) is 3.81. The van der Waals surface area contributed by atoms with E-state index in [1.165, 1.54) is 34.8 Å². The third kappa shape index (κ3) is 2.27. The summed E-state index contributed by atoms with van der Waals surface area (Å²) >= 11 is 0. The lowest BCUT2D eigenvalue weighted by molar-refractivity contribution is -0.158. The number of carbonyl (C=O) groups excluding carboxylic acids is 1. The van der Waals surface area contributed by atoms with Crippen LogP contribution in [0.4, 0.5) is 0 Å². The standard InChI is InChI=1S/C21H28N2O2/c1-5-16-14-10-18-15(13-8-7-9-17(22-16)19(13)14)11-21(6-2,12-23(18)3)20(24)25-4/h7-9,15,18,22H,5-6,10-12H2,1-4H3/t15?,18-,21-/m1/s1. The Kier molecular flexibility index (Phi) is 3.91. The van der Waals surface area contributed by atoms with Gasteiger partial charge >= 0.3 is 5.97 Å². The van der Waals surface area contributed by atoms with Gasteiger partial charge in [0.25, 0.3) is 0 Å². The average molecular weight is 340 g/mol. The summed E-state index contributed by atoms with van der Waals surface area (Å²) < 4.78 is 5.20. The highest BCUT2D eigenvalue weighted by Crippen LogP contribution is 2.50. The average Bonchev–Trinajstić information content (AvgIpc) is 3.00. The Labute approximate surface area is 149 Å². The summed E-state index contributed by atoms with van der Waals surface area (Å²) in [6, 6.07) is 7.07. The van der Waals surface area contributed by atoms with Crippen LogP contribution in [0.2, 0.25) is 0 Å². The second-order valence-corrected chi connectivity index (χ2v) is 7.83. The van der Waals surface area contributed by atoms with Crippen molar-refractivity contribution >= 4 is 16.9 Å². The maximum atomic E-state index is 12.6. The first kappa shape index (κ1) is 16.6. The van der Waals surface area contributed by atoms with Crippen molar-refractivity contribution in [2.75, 3.05) is 20.7 Å². The van der Waals surface area contributed by atoms with Crippen LogP contribution in [0, 0.1) is 5.41 Å². The lowest BCUT2D eigenvalue weighted by Crippen LogP contribution is -2.55. The molecule has 1 unspecified atom stereocenters. The highest BCUT2D eigenvalue weighted by atomic mass is 16.5. The van der Waals surface area contributed by atoms with Crippen LogP contribution in [0.5, 0.6) is 0 Å². The normalized spacial score (nSPS) is 28.8. The monoisotopic (exact) mass is 340 g/mol. The Morgan fingerprint density at radius 2 is 2.20 bits per heavy atom. The number of H-pyrrole nitrogens is 1. The maximum absolute atomic E-state index is 12.6. The topological polar surface area (TPSA) is 45.3 Å². The fourth-order valence-corrected chi connectivity index (χ4v) is 5.35. The number of ether oxygens (including phenoxy) is 1. The number of rotatable bonds is 3. The van der Waals surface area contributed by atoms with Gasteiger partial charge in [-0.2, -0.15) is 0 Å². The molecule has 1 fully saturated rings. The molecule has 3 atom stereocenters. The van der Waals surface area contributed by atoms with Gasteiger partial charge in [-0.3, -0.25) is 4.79 Å². The maximum Gasteiger partial charge on any atom is 0.313 e. The van der Waals surface area contributed by atoms with E-state index in [4.69, 9.17) is 4.74 Å². The first-order valence-corrected chi connectivity index (χ1v) is 9.45. The molecule has 0 amide bonds. The van der Waals surface area contributed by atoms with E-state index in [2.05, 4.69) is 49.0 Å². The molecule has 1 aliphatic heterocycles. The van der Waals surface area contributed by atoms with E-state index in [0.717, 1.165) is 32.2 Å². The number of aryl methyl sites for hydroxylation is 1. The molecule has 1 N–H and O–H groups in total. The minimum atomic E-state index is -0.395. The van der Waals surface area contributed by atoms with Crippen molar-refractivity contribution in [3.8, 4) is 0 Å². The van der Waals surface area contributed by atoms with E-state index in [9.17, 15) is 4.79 Å². The molecular weight excluding hydrogens is 312 g/mol. The molecule has 1 aliphatic carbocycles. The molecule has 2 heterocycles. The Balaban J connectivity index is 1.86. The first-order valence-electron chi connectivity index (χ1n) is 9.45. The molecule has 4 nitrogen and oxygen atoms in total. The second-order valence-electron chi connectivity index (χ2n) is 7.83. The predicted molar refractivity (Wildman–Crippen MR) is 99.9 cm³/mol. The third-order valence-corrected chi connectivity index (χ3v) is 6.70. The zero-order valence-electron chi connectivity index (χ0n) is 15.7. The van der Waals surface area contributed by atoms with Crippen LogP contribution < -0.4 is 0 Å². The summed E-state index contributed by atoms with van der Waals surface area (Å²) in [5, 5.41) is 1.41. The first-order chi connectivity index (χ1) is 12.0. The number of hydrogen-bond donors (Lipinski definition) is 1. The molecule has 0 radical (unpaired) electrons. The van der Waals surface area contributed by atoms with Crippen LogP contribution >= 0.6 is 0 Å². The fourth-order valence-electron chi connectivity index (χ4n) is 5.35. The van der Waals surface area contributed by atoms with Crippen LogP contribution in [0.25, 0.3) is 10.9 Å². The molecule has 2 aromatic rings. The fraction of sp³-hybridized carbons (Fsp3) is 0.571. The number of carbonyl (C=O) groups is 1. The molecule has 1 aromatic heterocycles. The van der Waals surface area contributed by atoms with Crippen molar-refractivity contribution in [2.45, 2.75) is 51.5 Å². The number of methoxy groups -OCH3 is 1. The van der Waals surface area contributed by atoms with Crippen LogP contribution in [-0.4, -0.2) is 42.6 Å². The Bertz CT molecular complexity index is 825. The predicted octanol–water partition coefficient (Wildman–Crippen LogP) is 3.64. The van der Waals surface area contributed by atoms with Crippen molar-refractivity contribution in [1.29, 1.82) is 0 Å². The number of piperidine rings is 1. The summed E-state index contributed by atoms with van der Waals surface area (Å²) in [7, 11) is 3.69. The van der Waals surface area contributed by atoms with Gasteiger partial charge in [0, 0.05) is 35.1 Å². The molecule has 4 heteroatoms. The molecule has 134 valence electrons. The SMILES string of the molecule is CCc1[nH]c2cccc3c2c1C[C@@H]1C3C[C@@](CC)(C(=O)OC)CN1C. The number of hydrogen-bond acceptors (Lipinski definition) is 3. The number of nitrogens with one attached hydrogen (secondary N) is 1. The number of likely N-dealkylation sites (tertiary alicyclic amines) is 1. The van der Waals surface area contributed by atoms with Crippen molar-refractivity contribution in [3.63, 3.8) is 0 Å². The van der Waals surface area contributed by atoms with E-state index < -0.39 is 5.41 Å². The highest BCUT2D eigenvalue weighted by Gasteiger charge is 2.50. The minimum absolute atomic E-state index is 0.0541. The van der Waals surface area contributed by atoms with Gasteiger partial charge in [-0.25, -0.2) is 0 Å².